The number of hydrogen-bond acceptors (Lipinski definition) is 6. The number of amides is 1. The van der Waals surface area contributed by atoms with E-state index in [9.17, 15) is 4.79 Å². The minimum Gasteiger partial charge on any atom is -0.379 e. The summed E-state index contributed by atoms with van der Waals surface area (Å²) in [6.45, 7) is 7.89. The van der Waals surface area contributed by atoms with E-state index in [1.807, 2.05) is 10.7 Å². The Labute approximate surface area is 168 Å². The van der Waals surface area contributed by atoms with E-state index in [2.05, 4.69) is 51.7 Å². The lowest BCUT2D eigenvalue weighted by molar-refractivity contribution is 0.0169. The number of nitrogens with one attached hydrogen (secondary N) is 1. The Kier molecular flexibility index (Phi) is 5.70. The van der Waals surface area contributed by atoms with Gasteiger partial charge in [0.15, 0.2) is 5.65 Å². The largest absolute Gasteiger partial charge is 0.379 e. The highest BCUT2D eigenvalue weighted by Gasteiger charge is 2.24. The molecule has 0 spiro atoms. The Bertz CT molecular complexity index is 931. The van der Waals surface area contributed by atoms with Gasteiger partial charge < -0.3 is 10.1 Å². The Morgan fingerprint density at radius 2 is 2.14 bits per heavy atom. The van der Waals surface area contributed by atoms with E-state index < -0.39 is 0 Å². The number of carbonyl (C=O) groups excluding carboxylic acids is 1. The zero-order chi connectivity index (χ0) is 19.5. The number of rotatable bonds is 6. The summed E-state index contributed by atoms with van der Waals surface area (Å²) in [6.07, 6.45) is 3.40. The van der Waals surface area contributed by atoms with E-state index in [0.29, 0.717) is 12.1 Å². The molecule has 28 heavy (non-hydrogen) atoms. The molecule has 0 aromatic carbocycles. The summed E-state index contributed by atoms with van der Waals surface area (Å²) in [5, 5.41) is 10.4. The second-order valence-corrected chi connectivity index (χ2v) is 8.19. The fourth-order valence-corrected chi connectivity index (χ4v) is 4.37. The summed E-state index contributed by atoms with van der Waals surface area (Å²) in [4.78, 5) is 20.9. The van der Waals surface area contributed by atoms with Crippen LogP contribution in [0.1, 0.15) is 41.2 Å². The lowest BCUT2D eigenvalue weighted by atomic mass is 10.1. The lowest BCUT2D eigenvalue weighted by Crippen LogP contribution is -2.43. The van der Waals surface area contributed by atoms with Gasteiger partial charge in [-0.05, 0) is 31.4 Å². The molecule has 4 rings (SSSR count). The molecule has 0 bridgehead atoms. The second kappa shape index (κ2) is 8.38. The normalized spacial score (nSPS) is 16.5. The SMILES string of the molecule is CC(C)n1ncc2cc(C(=O)NC[C@@H](c3cccs3)N3CCOCC3)cnc21. The predicted molar refractivity (Wildman–Crippen MR) is 110 cm³/mol. The van der Waals surface area contributed by atoms with Gasteiger partial charge in [-0.1, -0.05) is 6.07 Å². The summed E-state index contributed by atoms with van der Waals surface area (Å²) in [5.74, 6) is -0.110. The minimum absolute atomic E-state index is 0.110. The minimum atomic E-state index is -0.110. The first-order valence-corrected chi connectivity index (χ1v) is 10.5. The van der Waals surface area contributed by atoms with Crippen molar-refractivity contribution in [3.05, 3.63) is 46.4 Å². The number of hydrogen-bond donors (Lipinski definition) is 1. The number of fused-ring (bicyclic) bond motifs is 1. The van der Waals surface area contributed by atoms with Gasteiger partial charge in [0.1, 0.15) is 0 Å². The average molecular weight is 400 g/mol. The van der Waals surface area contributed by atoms with E-state index in [4.69, 9.17) is 4.74 Å². The van der Waals surface area contributed by atoms with Crippen LogP contribution in [0.4, 0.5) is 0 Å². The topological polar surface area (TPSA) is 72.3 Å². The molecule has 1 saturated heterocycles. The molecule has 1 fully saturated rings. The third-order valence-electron chi connectivity index (χ3n) is 5.00. The Hall–Kier alpha value is -2.29. The van der Waals surface area contributed by atoms with Crippen molar-refractivity contribution < 1.29 is 9.53 Å². The van der Waals surface area contributed by atoms with Gasteiger partial charge in [-0.3, -0.25) is 9.69 Å². The highest BCUT2D eigenvalue weighted by Crippen LogP contribution is 2.25. The van der Waals surface area contributed by atoms with Crippen LogP contribution >= 0.6 is 11.3 Å². The van der Waals surface area contributed by atoms with Crippen molar-refractivity contribution in [1.82, 2.24) is 25.0 Å². The molecule has 3 aromatic heterocycles. The molecule has 4 heterocycles. The fourth-order valence-electron chi connectivity index (χ4n) is 3.51. The first-order chi connectivity index (χ1) is 13.6. The van der Waals surface area contributed by atoms with Gasteiger partial charge in [0.2, 0.25) is 0 Å². The van der Waals surface area contributed by atoms with Crippen molar-refractivity contribution in [2.45, 2.75) is 25.9 Å². The van der Waals surface area contributed by atoms with Crippen LogP contribution in [0.2, 0.25) is 0 Å². The van der Waals surface area contributed by atoms with Crippen LogP contribution in [0, 0.1) is 0 Å². The molecule has 1 atom stereocenters. The maximum atomic E-state index is 12.8. The third kappa shape index (κ3) is 3.94. The first-order valence-electron chi connectivity index (χ1n) is 9.60. The van der Waals surface area contributed by atoms with E-state index in [1.165, 1.54) is 4.88 Å². The molecule has 7 nitrogen and oxygen atoms in total. The molecule has 8 heteroatoms. The molecule has 148 valence electrons. The molecular weight excluding hydrogens is 374 g/mol. The number of thiophene rings is 1. The van der Waals surface area contributed by atoms with Crippen molar-refractivity contribution in [1.29, 1.82) is 0 Å². The highest BCUT2D eigenvalue weighted by molar-refractivity contribution is 7.10. The number of nitrogens with zero attached hydrogens (tertiary/aromatic N) is 4. The fraction of sp³-hybridized carbons (Fsp3) is 0.450. The summed E-state index contributed by atoms with van der Waals surface area (Å²) in [5.41, 5.74) is 1.36. The summed E-state index contributed by atoms with van der Waals surface area (Å²) >= 11 is 1.72. The summed E-state index contributed by atoms with van der Waals surface area (Å²) in [6, 6.07) is 6.43. The monoisotopic (exact) mass is 399 g/mol. The highest BCUT2D eigenvalue weighted by atomic mass is 32.1. The van der Waals surface area contributed by atoms with Gasteiger partial charge in [-0.2, -0.15) is 5.10 Å². The van der Waals surface area contributed by atoms with Crippen LogP contribution in [0.15, 0.2) is 36.0 Å². The molecule has 0 unspecified atom stereocenters. The summed E-state index contributed by atoms with van der Waals surface area (Å²) < 4.78 is 7.34. The standard InChI is InChI=1S/C20H25N5O2S/c1-14(2)25-19-15(12-23-25)10-16(11-21-19)20(26)22-13-17(18-4-3-9-28-18)24-5-7-27-8-6-24/h3-4,9-12,14,17H,5-8,13H2,1-2H3,(H,22,26)/t17-/m0/s1. The van der Waals surface area contributed by atoms with E-state index in [1.54, 1.807) is 23.7 Å². The molecule has 0 radical (unpaired) electrons. The van der Waals surface area contributed by atoms with Crippen molar-refractivity contribution in [2.24, 2.45) is 0 Å². The maximum Gasteiger partial charge on any atom is 0.252 e. The van der Waals surface area contributed by atoms with Gasteiger partial charge in [-0.15, -0.1) is 11.3 Å². The Morgan fingerprint density at radius 3 is 2.86 bits per heavy atom. The first kappa shape index (κ1) is 19.0. The van der Waals surface area contributed by atoms with Crippen molar-refractivity contribution >= 4 is 28.3 Å². The lowest BCUT2D eigenvalue weighted by Gasteiger charge is -2.34. The van der Waals surface area contributed by atoms with E-state index in [-0.39, 0.29) is 18.0 Å². The van der Waals surface area contributed by atoms with Crippen LogP contribution < -0.4 is 5.32 Å². The Balaban J connectivity index is 1.48. The van der Waals surface area contributed by atoms with Gasteiger partial charge in [0, 0.05) is 42.1 Å². The molecule has 0 aliphatic carbocycles. The smallest absolute Gasteiger partial charge is 0.252 e. The van der Waals surface area contributed by atoms with E-state index >= 15 is 0 Å². The van der Waals surface area contributed by atoms with Gasteiger partial charge in [-0.25, -0.2) is 9.67 Å². The van der Waals surface area contributed by atoms with Crippen LogP contribution in [-0.2, 0) is 4.74 Å². The average Bonchev–Trinajstić information content (AvgIpc) is 3.38. The maximum absolute atomic E-state index is 12.8. The van der Waals surface area contributed by atoms with Crippen molar-refractivity contribution in [3.63, 3.8) is 0 Å². The number of morpholine rings is 1. The van der Waals surface area contributed by atoms with E-state index in [0.717, 1.165) is 37.3 Å². The zero-order valence-electron chi connectivity index (χ0n) is 16.2. The molecule has 0 saturated carbocycles. The third-order valence-corrected chi connectivity index (χ3v) is 5.97. The molecule has 1 amide bonds. The number of carbonyl (C=O) groups is 1. The van der Waals surface area contributed by atoms with Crippen molar-refractivity contribution in [2.75, 3.05) is 32.8 Å². The van der Waals surface area contributed by atoms with Crippen molar-refractivity contribution in [3.8, 4) is 0 Å². The zero-order valence-corrected chi connectivity index (χ0v) is 17.0. The predicted octanol–water partition coefficient (Wildman–Crippen LogP) is 2.88. The van der Waals surface area contributed by atoms with Crippen LogP contribution in [0.3, 0.4) is 0 Å². The molecular formula is C20H25N5O2S. The molecule has 3 aromatic rings. The number of ether oxygens (including phenoxy) is 1. The quantitative estimate of drug-likeness (QED) is 0.690. The second-order valence-electron chi connectivity index (χ2n) is 7.21. The molecule has 1 aliphatic rings. The van der Waals surface area contributed by atoms with Crippen LogP contribution in [0.25, 0.3) is 11.0 Å². The summed E-state index contributed by atoms with van der Waals surface area (Å²) in [7, 11) is 0. The Morgan fingerprint density at radius 1 is 1.32 bits per heavy atom. The van der Waals surface area contributed by atoms with Gasteiger partial charge >= 0.3 is 0 Å². The molecule has 1 N–H and O–H groups in total. The van der Waals surface area contributed by atoms with Gasteiger partial charge in [0.25, 0.3) is 5.91 Å². The van der Waals surface area contributed by atoms with Gasteiger partial charge in [0.05, 0.1) is 31.0 Å². The van der Waals surface area contributed by atoms with Crippen LogP contribution in [0.5, 0.6) is 0 Å². The number of aromatic nitrogens is 3. The number of pyridine rings is 1. The van der Waals surface area contributed by atoms with Crippen LogP contribution in [-0.4, -0.2) is 58.4 Å². The molecule has 1 aliphatic heterocycles.